The third kappa shape index (κ3) is 5.51. The van der Waals surface area contributed by atoms with Gasteiger partial charge in [-0.25, -0.2) is 4.98 Å². The van der Waals surface area contributed by atoms with Crippen molar-refractivity contribution in [3.05, 3.63) is 70.5 Å². The van der Waals surface area contributed by atoms with Crippen molar-refractivity contribution >= 4 is 28.6 Å². The minimum Gasteiger partial charge on any atom is -0.349 e. The molecule has 5 nitrogen and oxygen atoms in total. The fraction of sp³-hybridized carbons (Fsp3) is 0.375. The van der Waals surface area contributed by atoms with E-state index >= 15 is 0 Å². The fourth-order valence-corrected chi connectivity index (χ4v) is 4.32. The molecule has 0 aliphatic heterocycles. The quantitative estimate of drug-likeness (QED) is 0.397. The van der Waals surface area contributed by atoms with Crippen LogP contribution in [0.25, 0.3) is 10.9 Å². The lowest BCUT2D eigenvalue weighted by Gasteiger charge is -2.21. The number of fused-ring (bicyclic) bond motifs is 1. The number of carbonyl (C=O) groups excluding carboxylic acids is 1. The highest BCUT2D eigenvalue weighted by Crippen LogP contribution is 2.22. The standard InChI is InChI=1S/C24H29N3O2S/c1-4-14-27-23(29)19-12-8-9-13-20(19)26-24(27)30-16-22(28)25-21(15-17(2)3)18-10-6-5-7-11-18/h5-13,17,21H,4,14-16H2,1-3H3,(H,25,28)/t21-/m0/s1. The predicted molar refractivity (Wildman–Crippen MR) is 124 cm³/mol. The van der Waals surface area contributed by atoms with E-state index < -0.39 is 0 Å². The van der Waals surface area contributed by atoms with Gasteiger partial charge < -0.3 is 5.32 Å². The number of carbonyl (C=O) groups is 1. The molecule has 30 heavy (non-hydrogen) atoms. The lowest BCUT2D eigenvalue weighted by Crippen LogP contribution is -2.31. The number of thioether (sulfide) groups is 1. The zero-order chi connectivity index (χ0) is 21.5. The van der Waals surface area contributed by atoms with Crippen LogP contribution in [0.2, 0.25) is 0 Å². The van der Waals surface area contributed by atoms with Crippen molar-refractivity contribution in [3.63, 3.8) is 0 Å². The minimum atomic E-state index is -0.0556. The van der Waals surface area contributed by atoms with Crippen LogP contribution in [0, 0.1) is 5.92 Å². The van der Waals surface area contributed by atoms with Gasteiger partial charge in [0.05, 0.1) is 22.7 Å². The maximum atomic E-state index is 12.9. The maximum absolute atomic E-state index is 12.9. The second-order valence-corrected chi connectivity index (χ2v) is 8.76. The molecule has 0 unspecified atom stereocenters. The molecule has 3 rings (SSSR count). The Hall–Kier alpha value is -2.60. The SMILES string of the molecule is CCCn1c(SCC(=O)N[C@@H](CC(C)C)c2ccccc2)nc2ccccc2c1=O. The molecular weight excluding hydrogens is 394 g/mol. The number of aromatic nitrogens is 2. The lowest BCUT2D eigenvalue weighted by atomic mass is 9.97. The number of rotatable bonds is 9. The number of para-hydroxylation sites is 1. The van der Waals surface area contributed by atoms with Crippen molar-refractivity contribution in [1.82, 2.24) is 14.9 Å². The number of nitrogens with zero attached hydrogens (tertiary/aromatic N) is 2. The summed E-state index contributed by atoms with van der Waals surface area (Å²) in [5.41, 5.74) is 1.73. The van der Waals surface area contributed by atoms with Gasteiger partial charge in [-0.15, -0.1) is 0 Å². The van der Waals surface area contributed by atoms with E-state index in [4.69, 9.17) is 0 Å². The Morgan fingerprint density at radius 2 is 1.80 bits per heavy atom. The molecule has 0 bridgehead atoms. The Morgan fingerprint density at radius 3 is 2.50 bits per heavy atom. The van der Waals surface area contributed by atoms with E-state index in [9.17, 15) is 9.59 Å². The Bertz CT molecular complexity index is 1050. The number of hydrogen-bond acceptors (Lipinski definition) is 4. The number of nitrogens with one attached hydrogen (secondary N) is 1. The van der Waals surface area contributed by atoms with Gasteiger partial charge in [0.25, 0.3) is 5.56 Å². The molecule has 0 aliphatic rings. The van der Waals surface area contributed by atoms with E-state index in [1.54, 1.807) is 10.6 Å². The molecule has 6 heteroatoms. The lowest BCUT2D eigenvalue weighted by molar-refractivity contribution is -0.119. The van der Waals surface area contributed by atoms with E-state index in [1.807, 2.05) is 55.5 Å². The Morgan fingerprint density at radius 1 is 1.10 bits per heavy atom. The highest BCUT2D eigenvalue weighted by atomic mass is 32.2. The number of amides is 1. The maximum Gasteiger partial charge on any atom is 0.262 e. The molecule has 2 aromatic carbocycles. The van der Waals surface area contributed by atoms with Gasteiger partial charge in [0.15, 0.2) is 5.16 Å². The van der Waals surface area contributed by atoms with Crippen molar-refractivity contribution in [2.24, 2.45) is 5.92 Å². The second-order valence-electron chi connectivity index (χ2n) is 7.82. The molecule has 0 radical (unpaired) electrons. The molecule has 1 heterocycles. The van der Waals surface area contributed by atoms with Crippen LogP contribution in [0.15, 0.2) is 64.5 Å². The molecule has 1 amide bonds. The monoisotopic (exact) mass is 423 g/mol. The zero-order valence-electron chi connectivity index (χ0n) is 17.8. The van der Waals surface area contributed by atoms with E-state index in [-0.39, 0.29) is 23.3 Å². The number of benzene rings is 2. The smallest absolute Gasteiger partial charge is 0.262 e. The molecular formula is C24H29N3O2S. The van der Waals surface area contributed by atoms with Gasteiger partial charge in [-0.1, -0.05) is 75.0 Å². The minimum absolute atomic E-state index is 0.0262. The average molecular weight is 424 g/mol. The van der Waals surface area contributed by atoms with Crippen LogP contribution in [0.1, 0.15) is 45.2 Å². The van der Waals surface area contributed by atoms with Gasteiger partial charge >= 0.3 is 0 Å². The molecule has 1 aromatic heterocycles. The normalized spacial score (nSPS) is 12.3. The molecule has 1 atom stereocenters. The molecule has 0 spiro atoms. The van der Waals surface area contributed by atoms with Gasteiger partial charge in [0.1, 0.15) is 0 Å². The van der Waals surface area contributed by atoms with Gasteiger partial charge in [-0.3, -0.25) is 14.2 Å². The Labute approximate surface area is 181 Å². The summed E-state index contributed by atoms with van der Waals surface area (Å²) in [6.07, 6.45) is 1.69. The summed E-state index contributed by atoms with van der Waals surface area (Å²) in [6.45, 7) is 6.92. The van der Waals surface area contributed by atoms with E-state index in [0.29, 0.717) is 28.5 Å². The molecule has 0 saturated carbocycles. The van der Waals surface area contributed by atoms with Gasteiger partial charge in [-0.05, 0) is 36.5 Å². The molecule has 3 aromatic rings. The third-order valence-electron chi connectivity index (χ3n) is 4.85. The first-order chi connectivity index (χ1) is 14.5. The molecule has 0 aliphatic carbocycles. The summed E-state index contributed by atoms with van der Waals surface area (Å²) < 4.78 is 1.68. The average Bonchev–Trinajstić information content (AvgIpc) is 2.74. The predicted octanol–water partition coefficient (Wildman–Crippen LogP) is 4.80. The fourth-order valence-electron chi connectivity index (χ4n) is 3.48. The molecule has 1 N–H and O–H groups in total. The topological polar surface area (TPSA) is 64.0 Å². The second kappa shape index (κ2) is 10.4. The van der Waals surface area contributed by atoms with Crippen LogP contribution in [-0.4, -0.2) is 21.2 Å². The summed E-state index contributed by atoms with van der Waals surface area (Å²) >= 11 is 1.32. The first-order valence-electron chi connectivity index (χ1n) is 10.5. The van der Waals surface area contributed by atoms with Gasteiger partial charge in [0.2, 0.25) is 5.91 Å². The van der Waals surface area contributed by atoms with Crippen LogP contribution in [0.4, 0.5) is 0 Å². The Kier molecular flexibility index (Phi) is 7.69. The highest BCUT2D eigenvalue weighted by molar-refractivity contribution is 7.99. The summed E-state index contributed by atoms with van der Waals surface area (Å²) in [4.78, 5) is 30.3. The van der Waals surface area contributed by atoms with Crippen molar-refractivity contribution in [3.8, 4) is 0 Å². The summed E-state index contributed by atoms with van der Waals surface area (Å²) in [5.74, 6) is 0.621. The van der Waals surface area contributed by atoms with E-state index in [1.165, 1.54) is 11.8 Å². The van der Waals surface area contributed by atoms with Crippen LogP contribution >= 0.6 is 11.8 Å². The highest BCUT2D eigenvalue weighted by Gasteiger charge is 2.18. The van der Waals surface area contributed by atoms with Crippen molar-refractivity contribution in [2.75, 3.05) is 5.75 Å². The first-order valence-corrected chi connectivity index (χ1v) is 11.4. The summed E-state index contributed by atoms with van der Waals surface area (Å²) in [5, 5.41) is 4.37. The molecule has 0 fully saturated rings. The van der Waals surface area contributed by atoms with Crippen molar-refractivity contribution < 1.29 is 4.79 Å². The summed E-state index contributed by atoms with van der Waals surface area (Å²) in [7, 11) is 0. The van der Waals surface area contributed by atoms with Crippen molar-refractivity contribution in [1.29, 1.82) is 0 Å². The van der Waals surface area contributed by atoms with Crippen LogP contribution in [-0.2, 0) is 11.3 Å². The first kappa shape index (κ1) is 22.1. The molecule has 0 saturated heterocycles. The largest absolute Gasteiger partial charge is 0.349 e. The number of hydrogen-bond donors (Lipinski definition) is 1. The van der Waals surface area contributed by atoms with Gasteiger partial charge in [-0.2, -0.15) is 0 Å². The van der Waals surface area contributed by atoms with Crippen LogP contribution in [0.5, 0.6) is 0 Å². The van der Waals surface area contributed by atoms with Crippen LogP contribution in [0.3, 0.4) is 0 Å². The Balaban J connectivity index is 1.77. The molecule has 158 valence electrons. The zero-order valence-corrected chi connectivity index (χ0v) is 18.6. The van der Waals surface area contributed by atoms with Crippen LogP contribution < -0.4 is 10.9 Å². The third-order valence-corrected chi connectivity index (χ3v) is 5.83. The van der Waals surface area contributed by atoms with Crippen molar-refractivity contribution in [2.45, 2.75) is 51.4 Å². The van der Waals surface area contributed by atoms with E-state index in [2.05, 4.69) is 24.1 Å². The van der Waals surface area contributed by atoms with Gasteiger partial charge in [0, 0.05) is 6.54 Å². The summed E-state index contributed by atoms with van der Waals surface area (Å²) in [6, 6.07) is 17.4. The van der Waals surface area contributed by atoms with E-state index in [0.717, 1.165) is 18.4 Å².